The first-order valence-corrected chi connectivity index (χ1v) is 7.09. The molecule has 0 saturated heterocycles. The van der Waals surface area contributed by atoms with Gasteiger partial charge in [0.05, 0.1) is 19.9 Å². The largest absolute Gasteiger partial charge is 0.497 e. The summed E-state index contributed by atoms with van der Waals surface area (Å²) in [6.07, 6.45) is 0.720. The predicted molar refractivity (Wildman–Crippen MR) is 82.8 cm³/mol. The van der Waals surface area contributed by atoms with Crippen LogP contribution in [0.3, 0.4) is 0 Å². The molecule has 1 atom stereocenters. The maximum atomic E-state index is 6.37. The molecule has 1 aromatic heterocycles. The van der Waals surface area contributed by atoms with Crippen molar-refractivity contribution in [2.75, 3.05) is 14.2 Å². The van der Waals surface area contributed by atoms with E-state index in [1.807, 2.05) is 29.8 Å². The van der Waals surface area contributed by atoms with Gasteiger partial charge in [0, 0.05) is 36.3 Å². The summed E-state index contributed by atoms with van der Waals surface area (Å²) in [4.78, 5) is 0. The number of hydrogen-bond donors (Lipinski definition) is 1. The van der Waals surface area contributed by atoms with Gasteiger partial charge in [0.2, 0.25) is 0 Å². The average molecular weight is 289 g/mol. The summed E-state index contributed by atoms with van der Waals surface area (Å²) < 4.78 is 12.6. The molecular formula is C16H23N3O2. The van der Waals surface area contributed by atoms with Crippen molar-refractivity contribution in [2.45, 2.75) is 32.9 Å². The van der Waals surface area contributed by atoms with E-state index < -0.39 is 0 Å². The van der Waals surface area contributed by atoms with Gasteiger partial charge in [-0.1, -0.05) is 6.07 Å². The zero-order chi connectivity index (χ0) is 15.4. The van der Waals surface area contributed by atoms with Gasteiger partial charge in [-0.2, -0.15) is 5.10 Å². The molecule has 2 rings (SSSR count). The summed E-state index contributed by atoms with van der Waals surface area (Å²) in [5.74, 6) is 1.51. The van der Waals surface area contributed by atoms with Gasteiger partial charge in [0.15, 0.2) is 0 Å². The molecule has 1 heterocycles. The van der Waals surface area contributed by atoms with Gasteiger partial charge in [-0.25, -0.2) is 0 Å². The Kier molecular flexibility index (Phi) is 4.85. The van der Waals surface area contributed by atoms with E-state index in [1.165, 1.54) is 0 Å². The number of rotatable bonds is 6. The Morgan fingerprint density at radius 2 is 2.00 bits per heavy atom. The molecule has 0 aliphatic carbocycles. The van der Waals surface area contributed by atoms with Gasteiger partial charge < -0.3 is 15.2 Å². The Labute approximate surface area is 125 Å². The number of ether oxygens (including phenoxy) is 2. The fourth-order valence-corrected chi connectivity index (χ4v) is 2.50. The first kappa shape index (κ1) is 15.4. The van der Waals surface area contributed by atoms with Crippen LogP contribution < -0.4 is 15.2 Å². The van der Waals surface area contributed by atoms with Crippen molar-refractivity contribution in [1.82, 2.24) is 9.78 Å². The zero-order valence-electron chi connectivity index (χ0n) is 13.1. The van der Waals surface area contributed by atoms with Gasteiger partial charge in [-0.3, -0.25) is 4.68 Å². The van der Waals surface area contributed by atoms with Crippen LogP contribution in [0.15, 0.2) is 24.3 Å². The fraction of sp³-hybridized carbons (Fsp3) is 0.438. The Morgan fingerprint density at radius 3 is 2.62 bits per heavy atom. The van der Waals surface area contributed by atoms with Crippen molar-refractivity contribution in [3.63, 3.8) is 0 Å². The number of nitrogens with zero attached hydrogens (tertiary/aromatic N) is 2. The van der Waals surface area contributed by atoms with Gasteiger partial charge in [0.1, 0.15) is 11.5 Å². The Morgan fingerprint density at radius 1 is 1.24 bits per heavy atom. The van der Waals surface area contributed by atoms with E-state index in [0.29, 0.717) is 0 Å². The van der Waals surface area contributed by atoms with Crippen LogP contribution in [0.1, 0.15) is 29.9 Å². The molecule has 0 spiro atoms. The number of hydrogen-bond acceptors (Lipinski definition) is 4. The fourth-order valence-electron chi connectivity index (χ4n) is 2.50. The molecule has 0 amide bonds. The number of aryl methyl sites for hydroxylation is 2. The van der Waals surface area contributed by atoms with Crippen LogP contribution >= 0.6 is 0 Å². The summed E-state index contributed by atoms with van der Waals surface area (Å²) in [5, 5.41) is 4.46. The van der Waals surface area contributed by atoms with E-state index in [9.17, 15) is 0 Å². The lowest BCUT2D eigenvalue weighted by molar-refractivity contribution is 0.388. The lowest BCUT2D eigenvalue weighted by Crippen LogP contribution is -2.17. The standard InChI is InChI=1S/C16H23N3O2/c1-5-19-12(8-11(2)18-19)9-15(17)14-7-6-13(20-3)10-16(14)21-4/h6-8,10,15H,5,9,17H2,1-4H3. The van der Waals surface area contributed by atoms with Crippen molar-refractivity contribution in [3.8, 4) is 11.5 Å². The monoisotopic (exact) mass is 289 g/mol. The summed E-state index contributed by atoms with van der Waals surface area (Å²) in [6, 6.07) is 7.66. The van der Waals surface area contributed by atoms with Gasteiger partial charge in [-0.15, -0.1) is 0 Å². The molecule has 0 radical (unpaired) electrons. The molecule has 2 N–H and O–H groups in total. The van der Waals surface area contributed by atoms with Crippen molar-refractivity contribution in [1.29, 1.82) is 0 Å². The highest BCUT2D eigenvalue weighted by Crippen LogP contribution is 2.30. The average Bonchev–Trinajstić information content (AvgIpc) is 2.86. The number of nitrogens with two attached hydrogens (primary N) is 1. The summed E-state index contributed by atoms with van der Waals surface area (Å²) in [6.45, 7) is 4.92. The second kappa shape index (κ2) is 6.63. The predicted octanol–water partition coefficient (Wildman–Crippen LogP) is 2.47. The molecule has 114 valence electrons. The molecule has 0 fully saturated rings. The van der Waals surface area contributed by atoms with Crippen molar-refractivity contribution in [3.05, 3.63) is 41.2 Å². The molecule has 5 nitrogen and oxygen atoms in total. The quantitative estimate of drug-likeness (QED) is 0.887. The summed E-state index contributed by atoms with van der Waals surface area (Å²) in [7, 11) is 3.28. The number of methoxy groups -OCH3 is 2. The van der Waals surface area contributed by atoms with Crippen LogP contribution in [-0.2, 0) is 13.0 Å². The minimum atomic E-state index is -0.146. The minimum Gasteiger partial charge on any atom is -0.497 e. The first-order valence-electron chi connectivity index (χ1n) is 7.09. The highest BCUT2D eigenvalue weighted by Gasteiger charge is 2.16. The van der Waals surface area contributed by atoms with Crippen LogP contribution in [-0.4, -0.2) is 24.0 Å². The molecule has 0 aliphatic heterocycles. The molecule has 0 aliphatic rings. The van der Waals surface area contributed by atoms with Crippen LogP contribution in [0.2, 0.25) is 0 Å². The third-order valence-corrected chi connectivity index (χ3v) is 3.55. The summed E-state index contributed by atoms with van der Waals surface area (Å²) in [5.41, 5.74) is 9.49. The number of benzene rings is 1. The third-order valence-electron chi connectivity index (χ3n) is 3.55. The van der Waals surface area contributed by atoms with E-state index in [-0.39, 0.29) is 6.04 Å². The molecule has 5 heteroatoms. The van der Waals surface area contributed by atoms with Gasteiger partial charge in [-0.05, 0) is 26.0 Å². The van der Waals surface area contributed by atoms with E-state index in [0.717, 1.165) is 41.4 Å². The maximum absolute atomic E-state index is 6.37. The van der Waals surface area contributed by atoms with Crippen molar-refractivity contribution < 1.29 is 9.47 Å². The number of aromatic nitrogens is 2. The molecule has 2 aromatic rings. The molecule has 0 bridgehead atoms. The van der Waals surface area contributed by atoms with Crippen LogP contribution in [0.4, 0.5) is 0 Å². The van der Waals surface area contributed by atoms with Crippen molar-refractivity contribution in [2.24, 2.45) is 5.73 Å². The lowest BCUT2D eigenvalue weighted by Gasteiger charge is -2.17. The van der Waals surface area contributed by atoms with Crippen LogP contribution in [0.25, 0.3) is 0 Å². The molecule has 0 saturated carbocycles. The van der Waals surface area contributed by atoms with E-state index in [2.05, 4.69) is 18.1 Å². The smallest absolute Gasteiger partial charge is 0.127 e. The van der Waals surface area contributed by atoms with Crippen LogP contribution in [0, 0.1) is 6.92 Å². The molecule has 1 unspecified atom stereocenters. The SMILES string of the molecule is CCn1nc(C)cc1CC(N)c1ccc(OC)cc1OC. The summed E-state index contributed by atoms with van der Waals surface area (Å²) >= 11 is 0. The lowest BCUT2D eigenvalue weighted by atomic mass is 10.0. The Bertz CT molecular complexity index is 608. The maximum Gasteiger partial charge on any atom is 0.127 e. The third kappa shape index (κ3) is 3.36. The van der Waals surface area contributed by atoms with E-state index in [1.54, 1.807) is 14.2 Å². The first-order chi connectivity index (χ1) is 10.1. The van der Waals surface area contributed by atoms with E-state index >= 15 is 0 Å². The Balaban J connectivity index is 2.25. The second-order valence-electron chi connectivity index (χ2n) is 5.01. The molecule has 21 heavy (non-hydrogen) atoms. The van der Waals surface area contributed by atoms with Crippen molar-refractivity contribution >= 4 is 0 Å². The van der Waals surface area contributed by atoms with E-state index in [4.69, 9.17) is 15.2 Å². The van der Waals surface area contributed by atoms with Gasteiger partial charge >= 0.3 is 0 Å². The zero-order valence-corrected chi connectivity index (χ0v) is 13.1. The minimum absolute atomic E-state index is 0.146. The topological polar surface area (TPSA) is 62.3 Å². The second-order valence-corrected chi connectivity index (χ2v) is 5.01. The Hall–Kier alpha value is -2.01. The highest BCUT2D eigenvalue weighted by atomic mass is 16.5. The normalized spacial score (nSPS) is 12.2. The van der Waals surface area contributed by atoms with Crippen LogP contribution in [0.5, 0.6) is 11.5 Å². The highest BCUT2D eigenvalue weighted by molar-refractivity contribution is 5.42. The molecular weight excluding hydrogens is 266 g/mol. The molecule has 1 aromatic carbocycles. The van der Waals surface area contributed by atoms with Gasteiger partial charge in [0.25, 0.3) is 0 Å².